The van der Waals surface area contributed by atoms with Crippen molar-refractivity contribution in [1.29, 1.82) is 0 Å². The first-order valence-corrected chi connectivity index (χ1v) is 3.60. The van der Waals surface area contributed by atoms with Crippen LogP contribution in [-0.4, -0.2) is 16.4 Å². The fourth-order valence-electron chi connectivity index (χ4n) is 0.802. The molecule has 0 aliphatic rings. The van der Waals surface area contributed by atoms with E-state index < -0.39 is 5.56 Å². The molecular weight excluding hydrogens is 178 g/mol. The zero-order valence-corrected chi connectivity index (χ0v) is 7.59. The first-order valence-electron chi connectivity index (χ1n) is 3.19. The van der Waals surface area contributed by atoms with Gasteiger partial charge in [0.2, 0.25) is 10.5 Å². The summed E-state index contributed by atoms with van der Waals surface area (Å²) in [6.07, 6.45) is 1.49. The van der Waals surface area contributed by atoms with Crippen molar-refractivity contribution in [3.05, 3.63) is 21.3 Å². The van der Waals surface area contributed by atoms with E-state index in [1.165, 1.54) is 17.9 Å². The fraction of sp³-hybridized carbons (Fsp3) is 0.333. The second-order valence-electron chi connectivity index (χ2n) is 2.27. The molecule has 0 amide bonds. The molecule has 0 unspecified atom stereocenters. The van der Waals surface area contributed by atoms with Crippen LogP contribution in [0, 0.1) is 4.77 Å². The third-order valence-electron chi connectivity index (χ3n) is 1.47. The summed E-state index contributed by atoms with van der Waals surface area (Å²) in [6.45, 7) is 0. The van der Waals surface area contributed by atoms with Crippen LogP contribution in [0.1, 0.15) is 0 Å². The van der Waals surface area contributed by atoms with Crippen LogP contribution >= 0.6 is 12.2 Å². The molecule has 1 aromatic rings. The van der Waals surface area contributed by atoms with Gasteiger partial charge >= 0.3 is 5.56 Å². The van der Waals surface area contributed by atoms with Gasteiger partial charge < -0.3 is 15.1 Å². The number of aromatic nitrogens is 2. The second-order valence-corrected chi connectivity index (χ2v) is 2.63. The Labute approximate surface area is 74.0 Å². The number of aryl methyl sites for hydroxylation is 1. The molecule has 0 saturated heterocycles. The molecule has 0 aromatic carbocycles. The standard InChI is InChI=1S/C6H9N3O2S/c1-8-3-4(11-2)5(10)9(7)6(8)12/h3H,7H2,1-2H3. The summed E-state index contributed by atoms with van der Waals surface area (Å²) >= 11 is 4.83. The number of methoxy groups -OCH3 is 1. The van der Waals surface area contributed by atoms with Gasteiger partial charge in [0.05, 0.1) is 13.3 Å². The van der Waals surface area contributed by atoms with Gasteiger partial charge in [-0.2, -0.15) is 4.68 Å². The average molecular weight is 187 g/mol. The van der Waals surface area contributed by atoms with Crippen LogP contribution in [0.3, 0.4) is 0 Å². The Morgan fingerprint density at radius 3 is 2.75 bits per heavy atom. The summed E-state index contributed by atoms with van der Waals surface area (Å²) in [5.41, 5.74) is -0.430. The first-order chi connectivity index (χ1) is 5.57. The van der Waals surface area contributed by atoms with E-state index in [1.54, 1.807) is 7.05 Å². The molecule has 0 spiro atoms. The van der Waals surface area contributed by atoms with Gasteiger partial charge in [0, 0.05) is 7.05 Å². The normalized spacial score (nSPS) is 9.83. The summed E-state index contributed by atoms with van der Waals surface area (Å²) in [5, 5.41) is 0. The van der Waals surface area contributed by atoms with Crippen LogP contribution in [0.25, 0.3) is 0 Å². The highest BCUT2D eigenvalue weighted by atomic mass is 32.1. The molecule has 6 heteroatoms. The van der Waals surface area contributed by atoms with Crippen LogP contribution in [-0.2, 0) is 7.05 Å². The van der Waals surface area contributed by atoms with Crippen LogP contribution in [0.15, 0.2) is 11.0 Å². The number of hydrogen-bond donors (Lipinski definition) is 1. The van der Waals surface area contributed by atoms with Crippen molar-refractivity contribution >= 4 is 12.2 Å². The van der Waals surface area contributed by atoms with E-state index in [0.717, 1.165) is 4.68 Å². The predicted molar refractivity (Wildman–Crippen MR) is 47.2 cm³/mol. The number of nitrogens with two attached hydrogens (primary N) is 1. The van der Waals surface area contributed by atoms with E-state index in [4.69, 9.17) is 22.8 Å². The lowest BCUT2D eigenvalue weighted by Gasteiger charge is -2.05. The fourth-order valence-corrected chi connectivity index (χ4v) is 0.937. The van der Waals surface area contributed by atoms with Gasteiger partial charge in [-0.1, -0.05) is 0 Å². The summed E-state index contributed by atoms with van der Waals surface area (Å²) in [4.78, 5) is 11.2. The van der Waals surface area contributed by atoms with Crippen LogP contribution in [0.2, 0.25) is 0 Å². The van der Waals surface area contributed by atoms with E-state index >= 15 is 0 Å². The van der Waals surface area contributed by atoms with Gasteiger partial charge in [0.1, 0.15) is 0 Å². The van der Waals surface area contributed by atoms with E-state index in [1.807, 2.05) is 0 Å². The van der Waals surface area contributed by atoms with E-state index in [0.29, 0.717) is 0 Å². The Morgan fingerprint density at radius 2 is 2.25 bits per heavy atom. The highest BCUT2D eigenvalue weighted by Gasteiger charge is 2.03. The van der Waals surface area contributed by atoms with E-state index in [9.17, 15) is 4.79 Å². The monoisotopic (exact) mass is 187 g/mol. The molecule has 0 atom stereocenters. The second kappa shape index (κ2) is 2.98. The zero-order chi connectivity index (χ0) is 9.30. The number of nitrogens with zero attached hydrogens (tertiary/aromatic N) is 2. The van der Waals surface area contributed by atoms with Crippen molar-refractivity contribution in [1.82, 2.24) is 9.24 Å². The van der Waals surface area contributed by atoms with Crippen LogP contribution in [0.5, 0.6) is 5.75 Å². The Balaban J connectivity index is 3.61. The van der Waals surface area contributed by atoms with Gasteiger partial charge in [-0.3, -0.25) is 4.79 Å². The minimum Gasteiger partial charge on any atom is -0.490 e. The molecule has 1 rings (SSSR count). The highest BCUT2D eigenvalue weighted by molar-refractivity contribution is 7.71. The zero-order valence-electron chi connectivity index (χ0n) is 6.77. The lowest BCUT2D eigenvalue weighted by atomic mass is 10.6. The van der Waals surface area contributed by atoms with Crippen molar-refractivity contribution in [3.8, 4) is 5.75 Å². The highest BCUT2D eigenvalue weighted by Crippen LogP contribution is 1.99. The molecular formula is C6H9N3O2S. The number of rotatable bonds is 1. The topological polar surface area (TPSA) is 62.2 Å². The minimum atomic E-state index is -0.430. The van der Waals surface area contributed by atoms with Crippen molar-refractivity contribution < 1.29 is 4.74 Å². The molecule has 5 nitrogen and oxygen atoms in total. The van der Waals surface area contributed by atoms with Crippen LogP contribution in [0.4, 0.5) is 0 Å². The van der Waals surface area contributed by atoms with Crippen molar-refractivity contribution in [2.75, 3.05) is 13.0 Å². The van der Waals surface area contributed by atoms with Crippen molar-refractivity contribution in [2.45, 2.75) is 0 Å². The van der Waals surface area contributed by atoms with Crippen LogP contribution < -0.4 is 16.1 Å². The summed E-state index contributed by atoms with van der Waals surface area (Å²) in [6, 6.07) is 0. The van der Waals surface area contributed by atoms with Gasteiger partial charge in [0.15, 0.2) is 0 Å². The molecule has 1 aromatic heterocycles. The Morgan fingerprint density at radius 1 is 1.67 bits per heavy atom. The molecule has 0 fully saturated rings. The Hall–Kier alpha value is -1.30. The molecule has 0 radical (unpaired) electrons. The predicted octanol–water partition coefficient (Wildman–Crippen LogP) is -0.361. The Kier molecular flexibility index (Phi) is 2.18. The average Bonchev–Trinajstić information content (AvgIpc) is 2.08. The Bertz CT molecular complexity index is 406. The molecule has 1 heterocycles. The largest absolute Gasteiger partial charge is 0.490 e. The van der Waals surface area contributed by atoms with E-state index in [2.05, 4.69) is 0 Å². The van der Waals surface area contributed by atoms with Gasteiger partial charge in [-0.25, -0.2) is 0 Å². The lowest BCUT2D eigenvalue weighted by Crippen LogP contribution is -2.30. The molecule has 66 valence electrons. The summed E-state index contributed by atoms with van der Waals surface area (Å²) in [7, 11) is 3.09. The molecule has 0 aliphatic carbocycles. The molecule has 0 bridgehead atoms. The maximum Gasteiger partial charge on any atom is 0.315 e. The number of nitrogen functional groups attached to an aromatic ring is 1. The minimum absolute atomic E-state index is 0.175. The molecule has 0 saturated carbocycles. The smallest absolute Gasteiger partial charge is 0.315 e. The maximum atomic E-state index is 11.2. The van der Waals surface area contributed by atoms with Crippen molar-refractivity contribution in [3.63, 3.8) is 0 Å². The third kappa shape index (κ3) is 1.20. The van der Waals surface area contributed by atoms with Gasteiger partial charge in [-0.05, 0) is 12.2 Å². The quantitative estimate of drug-likeness (QED) is 0.481. The van der Waals surface area contributed by atoms with Crippen molar-refractivity contribution in [2.24, 2.45) is 7.05 Å². The first kappa shape index (κ1) is 8.79. The SMILES string of the molecule is COc1cn(C)c(=S)n(N)c1=O. The third-order valence-corrected chi connectivity index (χ3v) is 1.95. The van der Waals surface area contributed by atoms with E-state index in [-0.39, 0.29) is 10.5 Å². The lowest BCUT2D eigenvalue weighted by molar-refractivity contribution is 0.398. The summed E-state index contributed by atoms with van der Waals surface area (Å²) < 4.78 is 7.44. The van der Waals surface area contributed by atoms with Gasteiger partial charge in [-0.15, -0.1) is 0 Å². The summed E-state index contributed by atoms with van der Waals surface area (Å²) in [5.74, 6) is 5.53. The van der Waals surface area contributed by atoms with Gasteiger partial charge in [0.25, 0.3) is 0 Å². The molecule has 0 aliphatic heterocycles. The molecule has 12 heavy (non-hydrogen) atoms. The number of hydrogen-bond acceptors (Lipinski definition) is 4. The number of ether oxygens (including phenoxy) is 1. The molecule has 2 N–H and O–H groups in total. The maximum absolute atomic E-state index is 11.2.